The smallest absolute Gasteiger partial charge is 0.188 e. The van der Waals surface area contributed by atoms with Crippen molar-refractivity contribution < 1.29 is 0 Å². The Kier molecular flexibility index (Phi) is 2.72. The molecule has 1 aromatic rings. The van der Waals surface area contributed by atoms with Gasteiger partial charge in [-0.2, -0.15) is 0 Å². The van der Waals surface area contributed by atoms with Crippen molar-refractivity contribution in [3.8, 4) is 0 Å². The minimum Gasteiger partial charge on any atom is -0.370 e. The highest BCUT2D eigenvalue weighted by atomic mass is 32.1. The van der Waals surface area contributed by atoms with E-state index < -0.39 is 0 Å². The van der Waals surface area contributed by atoms with Crippen molar-refractivity contribution in [1.82, 2.24) is 5.32 Å². The largest absolute Gasteiger partial charge is 0.370 e. The van der Waals surface area contributed by atoms with Crippen molar-refractivity contribution in [1.29, 1.82) is 0 Å². The Morgan fingerprint density at radius 2 is 2.57 bits per heavy atom. The number of nitrogens with zero attached hydrogens (tertiary/aromatic N) is 1. The van der Waals surface area contributed by atoms with Gasteiger partial charge in [0.25, 0.3) is 0 Å². The van der Waals surface area contributed by atoms with Crippen molar-refractivity contribution >= 4 is 17.3 Å². The van der Waals surface area contributed by atoms with Crippen LogP contribution >= 0.6 is 11.3 Å². The summed E-state index contributed by atoms with van der Waals surface area (Å²) in [6.45, 7) is 0. The van der Waals surface area contributed by atoms with Gasteiger partial charge in [-0.05, 0) is 36.3 Å². The highest BCUT2D eigenvalue weighted by molar-refractivity contribution is 7.10. The number of nitrogens with one attached hydrogen (secondary N) is 1. The van der Waals surface area contributed by atoms with Crippen molar-refractivity contribution in [2.75, 3.05) is 7.05 Å². The fourth-order valence-corrected chi connectivity index (χ4v) is 2.87. The van der Waals surface area contributed by atoms with E-state index in [0.717, 1.165) is 6.42 Å². The summed E-state index contributed by atoms with van der Waals surface area (Å²) in [5.41, 5.74) is 7.08. The lowest BCUT2D eigenvalue weighted by atomic mass is 9.94. The van der Waals surface area contributed by atoms with Crippen LogP contribution < -0.4 is 11.1 Å². The Balaban J connectivity index is 2.16. The summed E-state index contributed by atoms with van der Waals surface area (Å²) in [6, 6.07) is 2.56. The monoisotopic (exact) mass is 209 g/mol. The van der Waals surface area contributed by atoms with Crippen LogP contribution in [0, 0.1) is 0 Å². The first-order valence-electron chi connectivity index (χ1n) is 4.86. The molecule has 0 aliphatic heterocycles. The molecular formula is C10H15N3S. The van der Waals surface area contributed by atoms with Crippen molar-refractivity contribution in [2.45, 2.75) is 25.3 Å². The van der Waals surface area contributed by atoms with E-state index in [1.54, 1.807) is 7.05 Å². The van der Waals surface area contributed by atoms with Gasteiger partial charge in [-0.1, -0.05) is 0 Å². The van der Waals surface area contributed by atoms with E-state index in [0.29, 0.717) is 12.0 Å². The number of aliphatic imine (C=N–C) groups is 1. The quantitative estimate of drug-likeness (QED) is 0.546. The lowest BCUT2D eigenvalue weighted by Crippen LogP contribution is -2.36. The maximum absolute atomic E-state index is 5.67. The molecule has 1 heterocycles. The molecule has 0 fully saturated rings. The van der Waals surface area contributed by atoms with Crippen LogP contribution in [0.15, 0.2) is 16.4 Å². The third-order valence-electron chi connectivity index (χ3n) is 2.61. The van der Waals surface area contributed by atoms with Gasteiger partial charge in [-0.3, -0.25) is 4.99 Å². The Bertz CT molecular complexity index is 343. The van der Waals surface area contributed by atoms with Crippen LogP contribution in [0.25, 0.3) is 0 Å². The van der Waals surface area contributed by atoms with E-state index in [1.165, 1.54) is 23.3 Å². The maximum Gasteiger partial charge on any atom is 0.188 e. The van der Waals surface area contributed by atoms with Gasteiger partial charge >= 0.3 is 0 Å². The normalized spacial score (nSPS) is 21.8. The molecule has 1 atom stereocenters. The third-order valence-corrected chi connectivity index (χ3v) is 3.61. The van der Waals surface area contributed by atoms with Crippen molar-refractivity contribution in [2.24, 2.45) is 10.7 Å². The standard InChI is InChI=1S/C10H15N3S/c1-12-10(11)13-8-3-2-4-9-7(8)5-6-14-9/h5-6,8H,2-4H2,1H3,(H3,11,12,13). The Morgan fingerprint density at radius 3 is 3.36 bits per heavy atom. The predicted octanol–water partition coefficient (Wildman–Crippen LogP) is 1.66. The van der Waals surface area contributed by atoms with Crippen LogP contribution in [-0.2, 0) is 6.42 Å². The highest BCUT2D eigenvalue weighted by Crippen LogP contribution is 2.32. The van der Waals surface area contributed by atoms with Gasteiger partial charge in [0.2, 0.25) is 0 Å². The van der Waals surface area contributed by atoms with Crippen LogP contribution in [0.3, 0.4) is 0 Å². The first-order chi connectivity index (χ1) is 6.81. The number of rotatable bonds is 1. The van der Waals surface area contributed by atoms with Gasteiger partial charge in [-0.25, -0.2) is 0 Å². The van der Waals surface area contributed by atoms with Gasteiger partial charge in [0.05, 0.1) is 6.04 Å². The summed E-state index contributed by atoms with van der Waals surface area (Å²) in [5, 5.41) is 5.40. The van der Waals surface area contributed by atoms with Gasteiger partial charge in [0.1, 0.15) is 0 Å². The molecule has 4 heteroatoms. The molecule has 1 aliphatic rings. The van der Waals surface area contributed by atoms with Crippen LogP contribution in [0.1, 0.15) is 29.3 Å². The van der Waals surface area contributed by atoms with Gasteiger partial charge in [0, 0.05) is 11.9 Å². The zero-order valence-corrected chi connectivity index (χ0v) is 9.10. The van der Waals surface area contributed by atoms with E-state index >= 15 is 0 Å². The zero-order valence-electron chi connectivity index (χ0n) is 8.29. The summed E-state index contributed by atoms with van der Waals surface area (Å²) < 4.78 is 0. The zero-order chi connectivity index (χ0) is 9.97. The average Bonchev–Trinajstić information content (AvgIpc) is 2.66. The molecule has 76 valence electrons. The number of hydrogen-bond donors (Lipinski definition) is 2. The molecule has 3 nitrogen and oxygen atoms in total. The lowest BCUT2D eigenvalue weighted by Gasteiger charge is -2.23. The summed E-state index contributed by atoms with van der Waals surface area (Å²) >= 11 is 1.84. The molecule has 0 spiro atoms. The van der Waals surface area contributed by atoms with Gasteiger partial charge in [-0.15, -0.1) is 11.3 Å². The second-order valence-electron chi connectivity index (χ2n) is 3.50. The Hall–Kier alpha value is -1.03. The van der Waals surface area contributed by atoms with Crippen molar-refractivity contribution in [3.05, 3.63) is 21.9 Å². The fraction of sp³-hybridized carbons (Fsp3) is 0.500. The first kappa shape index (κ1) is 9.52. The molecule has 1 unspecified atom stereocenters. The molecule has 0 aromatic carbocycles. The van der Waals surface area contributed by atoms with Crippen LogP contribution in [0.2, 0.25) is 0 Å². The van der Waals surface area contributed by atoms with Crippen LogP contribution in [0.4, 0.5) is 0 Å². The lowest BCUT2D eigenvalue weighted by molar-refractivity contribution is 0.531. The van der Waals surface area contributed by atoms with Crippen LogP contribution in [0.5, 0.6) is 0 Å². The van der Waals surface area contributed by atoms with Gasteiger partial charge in [0.15, 0.2) is 5.96 Å². The minimum absolute atomic E-state index is 0.369. The number of aryl methyl sites for hydroxylation is 1. The number of hydrogen-bond acceptors (Lipinski definition) is 2. The molecule has 0 saturated carbocycles. The van der Waals surface area contributed by atoms with Gasteiger partial charge < -0.3 is 11.1 Å². The molecule has 3 N–H and O–H groups in total. The van der Waals surface area contributed by atoms with Crippen molar-refractivity contribution in [3.63, 3.8) is 0 Å². The van der Waals surface area contributed by atoms with E-state index in [2.05, 4.69) is 21.8 Å². The number of guanidine groups is 1. The Morgan fingerprint density at radius 1 is 1.71 bits per heavy atom. The van der Waals surface area contributed by atoms with E-state index in [1.807, 2.05) is 11.3 Å². The summed E-state index contributed by atoms with van der Waals surface area (Å²) in [5.74, 6) is 0.536. The topological polar surface area (TPSA) is 50.4 Å². The number of thiophene rings is 1. The molecular weight excluding hydrogens is 194 g/mol. The third kappa shape index (κ3) is 1.75. The molecule has 0 amide bonds. The molecule has 2 rings (SSSR count). The second kappa shape index (κ2) is 4.00. The average molecular weight is 209 g/mol. The van der Waals surface area contributed by atoms with Crippen LogP contribution in [-0.4, -0.2) is 13.0 Å². The number of fused-ring (bicyclic) bond motifs is 1. The summed E-state index contributed by atoms with van der Waals surface area (Å²) in [7, 11) is 1.71. The summed E-state index contributed by atoms with van der Waals surface area (Å²) in [6.07, 6.45) is 3.61. The Labute approximate surface area is 88.0 Å². The molecule has 0 saturated heterocycles. The van der Waals surface area contributed by atoms with E-state index in [-0.39, 0.29) is 0 Å². The number of nitrogens with two attached hydrogens (primary N) is 1. The SMILES string of the molecule is CN=C(N)NC1CCCc2sccc21. The molecule has 1 aliphatic carbocycles. The predicted molar refractivity (Wildman–Crippen MR) is 60.7 cm³/mol. The minimum atomic E-state index is 0.369. The highest BCUT2D eigenvalue weighted by Gasteiger charge is 2.20. The first-order valence-corrected chi connectivity index (χ1v) is 5.74. The summed E-state index contributed by atoms with van der Waals surface area (Å²) in [4.78, 5) is 5.42. The molecule has 0 radical (unpaired) electrons. The fourth-order valence-electron chi connectivity index (χ4n) is 1.88. The molecule has 0 bridgehead atoms. The molecule has 14 heavy (non-hydrogen) atoms. The second-order valence-corrected chi connectivity index (χ2v) is 4.50. The maximum atomic E-state index is 5.67. The van der Waals surface area contributed by atoms with E-state index in [9.17, 15) is 0 Å². The van der Waals surface area contributed by atoms with E-state index in [4.69, 9.17) is 5.73 Å². The molecule has 1 aromatic heterocycles.